The maximum Gasteiger partial charge on any atom is 0.315 e. The highest BCUT2D eigenvalue weighted by Crippen LogP contribution is 2.15. The molecular formula is C18H30N4O2. The third-order valence-electron chi connectivity index (χ3n) is 4.49. The molecular weight excluding hydrogens is 304 g/mol. The van der Waals surface area contributed by atoms with Crippen molar-refractivity contribution in [2.45, 2.75) is 59.0 Å². The van der Waals surface area contributed by atoms with Crippen LogP contribution in [0.2, 0.25) is 0 Å². The van der Waals surface area contributed by atoms with Gasteiger partial charge in [-0.25, -0.2) is 4.79 Å². The zero-order chi connectivity index (χ0) is 17.7. The summed E-state index contributed by atoms with van der Waals surface area (Å²) in [6, 6.07) is 0.190. The zero-order valence-electron chi connectivity index (χ0n) is 15.3. The minimum Gasteiger partial charge on any atom is -0.361 e. The fourth-order valence-corrected chi connectivity index (χ4v) is 3.22. The Hall–Kier alpha value is -1.82. The summed E-state index contributed by atoms with van der Waals surface area (Å²) in [5.41, 5.74) is 3.16. The number of aromatic nitrogens is 1. The van der Waals surface area contributed by atoms with E-state index in [1.165, 1.54) is 5.57 Å². The Balaban J connectivity index is 1.72. The van der Waals surface area contributed by atoms with Crippen molar-refractivity contribution in [3.8, 4) is 0 Å². The van der Waals surface area contributed by atoms with E-state index >= 15 is 0 Å². The number of amides is 2. The van der Waals surface area contributed by atoms with E-state index in [1.54, 1.807) is 0 Å². The van der Waals surface area contributed by atoms with Gasteiger partial charge in [-0.1, -0.05) is 17.3 Å². The van der Waals surface area contributed by atoms with E-state index in [4.69, 9.17) is 4.52 Å². The standard InChI is InChI=1S/C18H30N4O2/c1-12(2)11-22-8-6-16(7-9-22)20-18(23)19-13(3)10-17-14(4)21-24-15(17)5/h13,16H,1,6-11H2,2-5H3,(H2,19,20,23). The minimum absolute atomic E-state index is 0.0327. The quantitative estimate of drug-likeness (QED) is 0.785. The molecule has 24 heavy (non-hydrogen) atoms. The van der Waals surface area contributed by atoms with Gasteiger partial charge in [-0.2, -0.15) is 0 Å². The number of piperidine rings is 1. The molecule has 0 aromatic carbocycles. The van der Waals surface area contributed by atoms with Crippen LogP contribution in [0.25, 0.3) is 0 Å². The molecule has 2 heterocycles. The van der Waals surface area contributed by atoms with Gasteiger partial charge >= 0.3 is 6.03 Å². The number of nitrogens with one attached hydrogen (secondary N) is 2. The average Bonchev–Trinajstić information content (AvgIpc) is 2.80. The van der Waals surface area contributed by atoms with E-state index in [0.717, 1.165) is 55.9 Å². The van der Waals surface area contributed by atoms with Crippen LogP contribution < -0.4 is 10.6 Å². The summed E-state index contributed by atoms with van der Waals surface area (Å²) in [7, 11) is 0. The topological polar surface area (TPSA) is 70.4 Å². The molecule has 1 aromatic heterocycles. The first-order chi connectivity index (χ1) is 11.3. The molecule has 1 atom stereocenters. The van der Waals surface area contributed by atoms with Crippen molar-refractivity contribution in [3.63, 3.8) is 0 Å². The monoisotopic (exact) mass is 334 g/mol. The summed E-state index contributed by atoms with van der Waals surface area (Å²) in [6.07, 6.45) is 2.70. The number of nitrogens with zero attached hydrogens (tertiary/aromatic N) is 2. The number of likely N-dealkylation sites (tertiary alicyclic amines) is 1. The van der Waals surface area contributed by atoms with E-state index in [-0.39, 0.29) is 18.1 Å². The highest BCUT2D eigenvalue weighted by atomic mass is 16.5. The molecule has 2 N–H and O–H groups in total. The molecule has 1 aliphatic rings. The van der Waals surface area contributed by atoms with Crippen molar-refractivity contribution >= 4 is 6.03 Å². The van der Waals surface area contributed by atoms with Crippen molar-refractivity contribution in [1.29, 1.82) is 0 Å². The molecule has 134 valence electrons. The molecule has 0 bridgehead atoms. The molecule has 0 saturated carbocycles. The fraction of sp³-hybridized carbons (Fsp3) is 0.667. The molecule has 0 radical (unpaired) electrons. The Bertz CT molecular complexity index is 554. The molecule has 1 fully saturated rings. The predicted octanol–water partition coefficient (Wildman–Crippen LogP) is 2.56. The second-order valence-corrected chi connectivity index (χ2v) is 7.03. The lowest BCUT2D eigenvalue weighted by Gasteiger charge is -2.32. The van der Waals surface area contributed by atoms with E-state index in [9.17, 15) is 4.79 Å². The Morgan fingerprint density at radius 3 is 2.62 bits per heavy atom. The van der Waals surface area contributed by atoms with E-state index < -0.39 is 0 Å². The number of carbonyl (C=O) groups is 1. The summed E-state index contributed by atoms with van der Waals surface area (Å²) in [5.74, 6) is 0.825. The maximum absolute atomic E-state index is 12.2. The number of rotatable bonds is 6. The highest BCUT2D eigenvalue weighted by Gasteiger charge is 2.21. The minimum atomic E-state index is -0.0902. The van der Waals surface area contributed by atoms with Crippen molar-refractivity contribution in [2.75, 3.05) is 19.6 Å². The molecule has 6 nitrogen and oxygen atoms in total. The third-order valence-corrected chi connectivity index (χ3v) is 4.49. The van der Waals surface area contributed by atoms with Gasteiger partial charge in [0, 0.05) is 37.3 Å². The van der Waals surface area contributed by atoms with E-state index in [2.05, 4.69) is 34.2 Å². The number of urea groups is 1. The van der Waals surface area contributed by atoms with Gasteiger partial charge in [0.1, 0.15) is 5.76 Å². The van der Waals surface area contributed by atoms with Crippen LogP contribution in [0.5, 0.6) is 0 Å². The predicted molar refractivity (Wildman–Crippen MR) is 95.1 cm³/mol. The van der Waals surface area contributed by atoms with Crippen molar-refractivity contribution in [3.05, 3.63) is 29.2 Å². The first-order valence-electron chi connectivity index (χ1n) is 8.70. The summed E-state index contributed by atoms with van der Waals surface area (Å²) in [5, 5.41) is 10.1. The van der Waals surface area contributed by atoms with Gasteiger partial charge in [-0.05, 0) is 47.0 Å². The lowest BCUT2D eigenvalue weighted by Crippen LogP contribution is -2.50. The fourth-order valence-electron chi connectivity index (χ4n) is 3.22. The van der Waals surface area contributed by atoms with Crippen molar-refractivity contribution < 1.29 is 9.32 Å². The van der Waals surface area contributed by atoms with Crippen LogP contribution in [0.1, 0.15) is 43.7 Å². The maximum atomic E-state index is 12.2. The summed E-state index contributed by atoms with van der Waals surface area (Å²) in [4.78, 5) is 14.6. The second-order valence-electron chi connectivity index (χ2n) is 7.03. The van der Waals surface area contributed by atoms with Gasteiger partial charge in [0.2, 0.25) is 0 Å². The Kier molecular flexibility index (Phi) is 6.43. The van der Waals surface area contributed by atoms with Crippen LogP contribution in [0.3, 0.4) is 0 Å². The van der Waals surface area contributed by atoms with Gasteiger partial charge in [-0.3, -0.25) is 4.90 Å². The number of hydrogen-bond acceptors (Lipinski definition) is 4. The SMILES string of the molecule is C=C(C)CN1CCC(NC(=O)NC(C)Cc2c(C)noc2C)CC1. The average molecular weight is 334 g/mol. The van der Waals surface area contributed by atoms with Crippen molar-refractivity contribution in [2.24, 2.45) is 0 Å². The molecule has 1 aromatic rings. The third kappa shape index (κ3) is 5.37. The van der Waals surface area contributed by atoms with Gasteiger partial charge in [-0.15, -0.1) is 0 Å². The molecule has 2 rings (SSSR count). The molecule has 1 saturated heterocycles. The van der Waals surface area contributed by atoms with Gasteiger partial charge in [0.15, 0.2) is 0 Å². The van der Waals surface area contributed by atoms with Crippen LogP contribution in [-0.4, -0.2) is 47.8 Å². The first-order valence-corrected chi connectivity index (χ1v) is 8.70. The van der Waals surface area contributed by atoms with Crippen LogP contribution in [0, 0.1) is 13.8 Å². The van der Waals surface area contributed by atoms with Crippen LogP contribution >= 0.6 is 0 Å². The zero-order valence-corrected chi connectivity index (χ0v) is 15.3. The molecule has 1 aliphatic heterocycles. The normalized spacial score (nSPS) is 17.5. The first kappa shape index (κ1) is 18.5. The second kappa shape index (κ2) is 8.33. The largest absolute Gasteiger partial charge is 0.361 e. The lowest BCUT2D eigenvalue weighted by molar-refractivity contribution is 0.200. The van der Waals surface area contributed by atoms with Crippen LogP contribution in [0.15, 0.2) is 16.7 Å². The van der Waals surface area contributed by atoms with E-state index in [0.29, 0.717) is 0 Å². The smallest absolute Gasteiger partial charge is 0.315 e. The van der Waals surface area contributed by atoms with Crippen LogP contribution in [0.4, 0.5) is 4.79 Å². The molecule has 0 spiro atoms. The van der Waals surface area contributed by atoms with Gasteiger partial charge in [0.25, 0.3) is 0 Å². The summed E-state index contributed by atoms with van der Waals surface area (Å²) in [6.45, 7) is 14.8. The van der Waals surface area contributed by atoms with Crippen molar-refractivity contribution in [1.82, 2.24) is 20.7 Å². The number of aryl methyl sites for hydroxylation is 2. The number of carbonyl (C=O) groups excluding carboxylic acids is 1. The Labute approximate surface area is 144 Å². The summed E-state index contributed by atoms with van der Waals surface area (Å²) < 4.78 is 5.17. The van der Waals surface area contributed by atoms with Crippen LogP contribution in [-0.2, 0) is 6.42 Å². The number of hydrogen-bond donors (Lipinski definition) is 2. The molecule has 6 heteroatoms. The highest BCUT2D eigenvalue weighted by molar-refractivity contribution is 5.74. The Morgan fingerprint density at radius 2 is 2.08 bits per heavy atom. The molecule has 0 aliphatic carbocycles. The summed E-state index contributed by atoms with van der Waals surface area (Å²) >= 11 is 0. The van der Waals surface area contributed by atoms with E-state index in [1.807, 2.05) is 20.8 Å². The molecule has 1 unspecified atom stereocenters. The van der Waals surface area contributed by atoms with Gasteiger partial charge < -0.3 is 15.2 Å². The molecule has 2 amide bonds. The Morgan fingerprint density at radius 1 is 1.42 bits per heavy atom. The lowest BCUT2D eigenvalue weighted by atomic mass is 10.0. The van der Waals surface area contributed by atoms with Gasteiger partial charge in [0.05, 0.1) is 5.69 Å².